The molecule has 0 spiro atoms. The van der Waals surface area contributed by atoms with E-state index in [0.29, 0.717) is 12.3 Å². The second-order valence-corrected chi connectivity index (χ2v) is 8.87. The third-order valence-corrected chi connectivity index (χ3v) is 7.23. The number of nitrogens with two attached hydrogens (primary N) is 1. The van der Waals surface area contributed by atoms with Gasteiger partial charge in [0, 0.05) is 12.3 Å². The molecule has 2 fully saturated rings. The molecule has 4 rings (SSSR count). The van der Waals surface area contributed by atoms with Crippen molar-refractivity contribution in [1.29, 1.82) is 0 Å². The Balaban J connectivity index is 1.64. The molecular weight excluding hydrogens is 396 g/mol. The average Bonchev–Trinajstić information content (AvgIpc) is 2.81. The number of nitrogens with zero attached hydrogens (tertiary/aromatic N) is 1. The minimum Gasteiger partial charge on any atom is -0.452 e. The summed E-state index contributed by atoms with van der Waals surface area (Å²) in [6.07, 6.45) is 4.19. The molecular formula is C24H26N2O3S. The third-order valence-electron chi connectivity index (χ3n) is 5.66. The molecule has 30 heavy (non-hydrogen) atoms. The van der Waals surface area contributed by atoms with Crippen molar-refractivity contribution in [2.24, 2.45) is 11.1 Å². The average molecular weight is 423 g/mol. The predicted octanol–water partition coefficient (Wildman–Crippen LogP) is 3.51. The molecule has 2 N–H and O–H groups in total. The fraction of sp³-hybridized carbons (Fsp3) is 0.333. The van der Waals surface area contributed by atoms with Crippen LogP contribution in [0.5, 0.6) is 0 Å². The first-order chi connectivity index (χ1) is 14.6. The molecule has 3 atom stereocenters. The van der Waals surface area contributed by atoms with Crippen LogP contribution in [0.25, 0.3) is 0 Å². The van der Waals surface area contributed by atoms with E-state index in [1.807, 2.05) is 79.7 Å². The molecule has 2 aliphatic rings. The van der Waals surface area contributed by atoms with Crippen molar-refractivity contribution in [3.8, 4) is 0 Å². The summed E-state index contributed by atoms with van der Waals surface area (Å²) in [4.78, 5) is 27.6. The summed E-state index contributed by atoms with van der Waals surface area (Å²) in [5, 5.41) is -0.0486. The number of benzene rings is 2. The van der Waals surface area contributed by atoms with Crippen molar-refractivity contribution in [3.05, 3.63) is 83.9 Å². The van der Waals surface area contributed by atoms with Crippen molar-refractivity contribution in [1.82, 2.24) is 4.90 Å². The number of β-lactam (4-membered cyclic amide) rings is 1. The summed E-state index contributed by atoms with van der Waals surface area (Å²) in [6, 6.07) is 19.0. The first kappa shape index (κ1) is 20.7. The lowest BCUT2D eigenvalue weighted by Crippen LogP contribution is -2.72. The Hall–Kier alpha value is -2.57. The van der Waals surface area contributed by atoms with Crippen LogP contribution in [0.3, 0.4) is 0 Å². The SMILES string of the molecule is CCC=CC1(C(=O)OC(c2ccccc2)c2ccccc2)CS[C@@H]2C(N)C(=O)N2C1. The van der Waals surface area contributed by atoms with E-state index in [4.69, 9.17) is 10.5 Å². The smallest absolute Gasteiger partial charge is 0.319 e. The number of esters is 1. The summed E-state index contributed by atoms with van der Waals surface area (Å²) >= 11 is 1.56. The Morgan fingerprint density at radius 3 is 2.37 bits per heavy atom. The molecule has 2 aromatic carbocycles. The molecule has 5 nitrogen and oxygen atoms in total. The van der Waals surface area contributed by atoms with Crippen LogP contribution >= 0.6 is 11.8 Å². The first-order valence-electron chi connectivity index (χ1n) is 10.2. The maximum absolute atomic E-state index is 13.6. The molecule has 0 radical (unpaired) electrons. The van der Waals surface area contributed by atoms with E-state index in [9.17, 15) is 9.59 Å². The lowest BCUT2D eigenvalue weighted by molar-refractivity contribution is -0.161. The van der Waals surface area contributed by atoms with Crippen LogP contribution in [0.2, 0.25) is 0 Å². The number of amides is 1. The molecule has 2 unspecified atom stereocenters. The van der Waals surface area contributed by atoms with Crippen molar-refractivity contribution in [3.63, 3.8) is 0 Å². The molecule has 0 aromatic heterocycles. The van der Waals surface area contributed by atoms with Gasteiger partial charge >= 0.3 is 5.97 Å². The maximum atomic E-state index is 13.6. The van der Waals surface area contributed by atoms with Gasteiger partial charge in [-0.2, -0.15) is 0 Å². The minimum atomic E-state index is -0.880. The van der Waals surface area contributed by atoms with Gasteiger partial charge in [0.25, 0.3) is 0 Å². The van der Waals surface area contributed by atoms with Crippen molar-refractivity contribution < 1.29 is 14.3 Å². The zero-order valence-corrected chi connectivity index (χ0v) is 17.8. The van der Waals surface area contributed by atoms with Gasteiger partial charge in [0.05, 0.1) is 0 Å². The highest BCUT2D eigenvalue weighted by Crippen LogP contribution is 2.44. The van der Waals surface area contributed by atoms with Crippen molar-refractivity contribution in [2.45, 2.75) is 30.9 Å². The number of fused-ring (bicyclic) bond motifs is 1. The molecule has 0 aliphatic carbocycles. The van der Waals surface area contributed by atoms with Gasteiger partial charge in [0.1, 0.15) is 16.8 Å². The number of ether oxygens (including phenoxy) is 1. The zero-order chi connectivity index (χ0) is 21.1. The fourth-order valence-corrected chi connectivity index (χ4v) is 5.40. The van der Waals surface area contributed by atoms with E-state index < -0.39 is 17.6 Å². The van der Waals surface area contributed by atoms with Crippen LogP contribution in [0.15, 0.2) is 72.8 Å². The second kappa shape index (κ2) is 8.66. The molecule has 6 heteroatoms. The lowest BCUT2D eigenvalue weighted by atomic mass is 9.86. The van der Waals surface area contributed by atoms with E-state index >= 15 is 0 Å². The second-order valence-electron chi connectivity index (χ2n) is 7.77. The Kier molecular flexibility index (Phi) is 5.97. The van der Waals surface area contributed by atoms with Crippen LogP contribution in [-0.4, -0.2) is 40.5 Å². The van der Waals surface area contributed by atoms with Crippen LogP contribution in [-0.2, 0) is 14.3 Å². The molecule has 2 heterocycles. The van der Waals surface area contributed by atoms with Crippen LogP contribution in [0.4, 0.5) is 0 Å². The highest BCUT2D eigenvalue weighted by Gasteiger charge is 2.55. The van der Waals surface area contributed by atoms with Crippen LogP contribution in [0.1, 0.15) is 30.6 Å². The van der Waals surface area contributed by atoms with E-state index in [1.54, 1.807) is 16.7 Å². The summed E-state index contributed by atoms with van der Waals surface area (Å²) in [7, 11) is 0. The number of carbonyl (C=O) groups is 2. The number of thioether (sulfide) groups is 1. The van der Waals surface area contributed by atoms with E-state index in [-0.39, 0.29) is 17.3 Å². The van der Waals surface area contributed by atoms with Crippen molar-refractivity contribution in [2.75, 3.05) is 12.3 Å². The number of allylic oxidation sites excluding steroid dienone is 1. The van der Waals surface area contributed by atoms with Gasteiger partial charge < -0.3 is 15.4 Å². The Labute approximate surface area is 181 Å². The summed E-state index contributed by atoms with van der Waals surface area (Å²) in [6.45, 7) is 2.33. The van der Waals surface area contributed by atoms with E-state index in [1.165, 1.54) is 0 Å². The van der Waals surface area contributed by atoms with Crippen molar-refractivity contribution >= 4 is 23.6 Å². The number of hydrogen-bond acceptors (Lipinski definition) is 5. The Morgan fingerprint density at radius 1 is 1.20 bits per heavy atom. The molecule has 2 saturated heterocycles. The topological polar surface area (TPSA) is 72.6 Å². The van der Waals surface area contributed by atoms with Gasteiger partial charge in [-0.3, -0.25) is 9.59 Å². The minimum absolute atomic E-state index is 0.0486. The largest absolute Gasteiger partial charge is 0.452 e. The molecule has 0 bridgehead atoms. The van der Waals surface area contributed by atoms with Gasteiger partial charge in [-0.15, -0.1) is 11.8 Å². The summed E-state index contributed by atoms with van der Waals surface area (Å²) < 4.78 is 6.16. The summed E-state index contributed by atoms with van der Waals surface area (Å²) in [5.41, 5.74) is 6.87. The number of hydrogen-bond donors (Lipinski definition) is 1. The van der Waals surface area contributed by atoms with Gasteiger partial charge in [-0.1, -0.05) is 79.7 Å². The van der Waals surface area contributed by atoms with Crippen LogP contribution < -0.4 is 5.73 Å². The van der Waals surface area contributed by atoms with Gasteiger partial charge in [-0.25, -0.2) is 0 Å². The van der Waals surface area contributed by atoms with Gasteiger partial charge in [-0.05, 0) is 17.5 Å². The van der Waals surface area contributed by atoms with Gasteiger partial charge in [0.2, 0.25) is 5.91 Å². The predicted molar refractivity (Wildman–Crippen MR) is 119 cm³/mol. The molecule has 1 amide bonds. The van der Waals surface area contributed by atoms with Gasteiger partial charge in [0.15, 0.2) is 6.10 Å². The standard InChI is InChI=1S/C24H26N2O3S/c1-2-3-14-24(15-26-21(27)19(25)22(26)30-16-24)23(28)29-20(17-10-6-4-7-11-17)18-12-8-5-9-13-18/h3-14,19-20,22H,2,15-16,25H2,1H3/t19?,22-,24?/m1/s1. The monoisotopic (exact) mass is 422 g/mol. The lowest BCUT2D eigenvalue weighted by Gasteiger charge is -2.52. The molecule has 2 aliphatic heterocycles. The van der Waals surface area contributed by atoms with Crippen LogP contribution in [0, 0.1) is 5.41 Å². The van der Waals surface area contributed by atoms with E-state index in [2.05, 4.69) is 0 Å². The molecule has 156 valence electrons. The summed E-state index contributed by atoms with van der Waals surface area (Å²) in [5.74, 6) is 0.127. The maximum Gasteiger partial charge on any atom is 0.319 e. The highest BCUT2D eigenvalue weighted by molar-refractivity contribution is 8.00. The quantitative estimate of drug-likeness (QED) is 0.438. The highest BCUT2D eigenvalue weighted by atomic mass is 32.2. The zero-order valence-electron chi connectivity index (χ0n) is 16.9. The molecule has 0 saturated carbocycles. The molecule has 2 aromatic rings. The number of carbonyl (C=O) groups excluding carboxylic acids is 2. The normalized spacial score (nSPS) is 25.8. The Bertz CT molecular complexity index is 894. The third kappa shape index (κ3) is 3.77. The Morgan fingerprint density at radius 2 is 1.80 bits per heavy atom. The number of rotatable bonds is 6. The first-order valence-corrected chi connectivity index (χ1v) is 11.3. The van der Waals surface area contributed by atoms with E-state index in [0.717, 1.165) is 17.5 Å². The fourth-order valence-electron chi connectivity index (χ4n) is 3.94.